The number of halogens is 1. The van der Waals surface area contributed by atoms with E-state index in [1.807, 2.05) is 10.7 Å². The number of aliphatic hydroxyl groups is 1. The normalized spacial score (nSPS) is 22.7. The Hall–Kier alpha value is -1.61. The highest BCUT2D eigenvalue weighted by Crippen LogP contribution is 2.39. The van der Waals surface area contributed by atoms with Crippen LogP contribution in [-0.4, -0.2) is 51.5 Å². The van der Waals surface area contributed by atoms with Gasteiger partial charge in [0.2, 0.25) is 0 Å². The van der Waals surface area contributed by atoms with Crippen molar-refractivity contribution in [2.75, 3.05) is 26.7 Å². The van der Waals surface area contributed by atoms with Gasteiger partial charge in [-0.05, 0) is 38.8 Å². The van der Waals surface area contributed by atoms with Crippen LogP contribution in [0, 0.1) is 23.2 Å². The third-order valence-electron chi connectivity index (χ3n) is 5.87. The Bertz CT molecular complexity index is 860. The molecule has 5 nitrogen and oxygen atoms in total. The highest BCUT2D eigenvalue weighted by Gasteiger charge is 2.34. The van der Waals surface area contributed by atoms with Crippen LogP contribution in [0.25, 0.3) is 10.9 Å². The van der Waals surface area contributed by atoms with Crippen LogP contribution >= 0.6 is 11.6 Å². The molecule has 1 atom stereocenters. The van der Waals surface area contributed by atoms with E-state index < -0.39 is 0 Å². The van der Waals surface area contributed by atoms with Gasteiger partial charge in [0.25, 0.3) is 0 Å². The third-order valence-corrected chi connectivity index (χ3v) is 6.08. The SMILES string of the molecule is CN1CCC(C#Cc2nn(CC3(CO)CCCC3)c3cc(Cl)ncc23)C1. The number of hydrogen-bond acceptors (Lipinski definition) is 4. The topological polar surface area (TPSA) is 54.2 Å². The van der Waals surface area contributed by atoms with Crippen molar-refractivity contribution in [2.24, 2.45) is 11.3 Å². The van der Waals surface area contributed by atoms with Crippen molar-refractivity contribution in [2.45, 2.75) is 38.6 Å². The summed E-state index contributed by atoms with van der Waals surface area (Å²) in [6, 6.07) is 1.86. The summed E-state index contributed by atoms with van der Waals surface area (Å²) in [5.74, 6) is 7.08. The van der Waals surface area contributed by atoms with Crippen molar-refractivity contribution in [3.8, 4) is 11.8 Å². The molecule has 1 saturated heterocycles. The van der Waals surface area contributed by atoms with Gasteiger partial charge in [0.1, 0.15) is 10.8 Å². The predicted octanol–water partition coefficient (Wildman–Crippen LogP) is 2.94. The lowest BCUT2D eigenvalue weighted by molar-refractivity contribution is 0.108. The molecule has 6 heteroatoms. The van der Waals surface area contributed by atoms with Crippen LogP contribution in [0.4, 0.5) is 0 Å². The van der Waals surface area contributed by atoms with E-state index in [-0.39, 0.29) is 12.0 Å². The molecule has 2 aromatic heterocycles. The van der Waals surface area contributed by atoms with Crippen molar-refractivity contribution >= 4 is 22.5 Å². The van der Waals surface area contributed by atoms with Gasteiger partial charge in [-0.3, -0.25) is 4.68 Å². The quantitative estimate of drug-likeness (QED) is 0.664. The summed E-state index contributed by atoms with van der Waals surface area (Å²) in [5.41, 5.74) is 1.65. The number of aromatic nitrogens is 3. The van der Waals surface area contributed by atoms with Crippen LogP contribution in [0.1, 0.15) is 37.8 Å². The summed E-state index contributed by atoms with van der Waals surface area (Å²) in [6.07, 6.45) is 7.30. The van der Waals surface area contributed by atoms with Crippen LogP contribution in [0.3, 0.4) is 0 Å². The maximum absolute atomic E-state index is 9.97. The second-order valence-electron chi connectivity index (χ2n) is 7.91. The molecule has 0 aromatic carbocycles. The van der Waals surface area contributed by atoms with Crippen molar-refractivity contribution in [3.05, 3.63) is 23.1 Å². The highest BCUT2D eigenvalue weighted by molar-refractivity contribution is 6.30. The molecule has 0 radical (unpaired) electrons. The number of aliphatic hydroxyl groups excluding tert-OH is 1. The van der Waals surface area contributed by atoms with Gasteiger partial charge in [-0.15, -0.1) is 0 Å². The maximum atomic E-state index is 9.97. The fourth-order valence-corrected chi connectivity index (χ4v) is 4.44. The van der Waals surface area contributed by atoms with E-state index in [4.69, 9.17) is 16.7 Å². The van der Waals surface area contributed by atoms with Crippen LogP contribution in [0.2, 0.25) is 5.15 Å². The minimum Gasteiger partial charge on any atom is -0.396 e. The summed E-state index contributed by atoms with van der Waals surface area (Å²) in [4.78, 5) is 6.54. The number of hydrogen-bond donors (Lipinski definition) is 1. The van der Waals surface area contributed by atoms with Gasteiger partial charge in [-0.1, -0.05) is 30.4 Å². The number of rotatable bonds is 3. The molecule has 1 N–H and O–H groups in total. The summed E-state index contributed by atoms with van der Waals surface area (Å²) in [7, 11) is 2.13. The minimum absolute atomic E-state index is 0.0758. The molecule has 0 amide bonds. The molecule has 3 heterocycles. The molecule has 138 valence electrons. The second kappa shape index (κ2) is 7.19. The van der Waals surface area contributed by atoms with E-state index in [2.05, 4.69) is 28.8 Å². The first kappa shape index (κ1) is 17.8. The third kappa shape index (κ3) is 3.46. The van der Waals surface area contributed by atoms with Gasteiger partial charge in [-0.2, -0.15) is 5.10 Å². The molecular formula is C20H25ClN4O. The Morgan fingerprint density at radius 2 is 2.19 bits per heavy atom. The molecule has 2 aliphatic rings. The lowest BCUT2D eigenvalue weighted by Crippen LogP contribution is -2.28. The summed E-state index contributed by atoms with van der Waals surface area (Å²) >= 11 is 6.14. The van der Waals surface area contributed by atoms with Gasteiger partial charge >= 0.3 is 0 Å². The molecule has 26 heavy (non-hydrogen) atoms. The summed E-state index contributed by atoms with van der Waals surface area (Å²) in [6.45, 7) is 3.02. The zero-order chi connectivity index (χ0) is 18.1. The molecule has 1 aliphatic heterocycles. The first-order valence-electron chi connectivity index (χ1n) is 9.42. The summed E-state index contributed by atoms with van der Waals surface area (Å²) < 4.78 is 1.98. The first-order valence-corrected chi connectivity index (χ1v) is 9.79. The molecule has 1 unspecified atom stereocenters. The van der Waals surface area contributed by atoms with Gasteiger partial charge in [0.15, 0.2) is 0 Å². The monoisotopic (exact) mass is 372 g/mol. The largest absolute Gasteiger partial charge is 0.396 e. The highest BCUT2D eigenvalue weighted by atomic mass is 35.5. The minimum atomic E-state index is -0.0758. The van der Waals surface area contributed by atoms with E-state index in [1.54, 1.807) is 6.20 Å². The van der Waals surface area contributed by atoms with E-state index >= 15 is 0 Å². The Balaban J connectivity index is 1.69. The molecular weight excluding hydrogens is 348 g/mol. The molecule has 1 aliphatic carbocycles. The zero-order valence-electron chi connectivity index (χ0n) is 15.2. The van der Waals surface area contributed by atoms with Gasteiger partial charge in [0.05, 0.1) is 17.5 Å². The molecule has 2 aromatic rings. The average Bonchev–Trinajstić information content (AvgIpc) is 3.34. The lowest BCUT2D eigenvalue weighted by Gasteiger charge is -2.26. The van der Waals surface area contributed by atoms with Crippen molar-refractivity contribution in [3.63, 3.8) is 0 Å². The van der Waals surface area contributed by atoms with E-state index in [1.165, 1.54) is 12.8 Å². The molecule has 0 spiro atoms. The molecule has 4 rings (SSSR count). The van der Waals surface area contributed by atoms with Gasteiger partial charge in [-0.25, -0.2) is 4.98 Å². The average molecular weight is 373 g/mol. The fourth-order valence-electron chi connectivity index (χ4n) is 4.29. The molecule has 2 fully saturated rings. The van der Waals surface area contributed by atoms with E-state index in [9.17, 15) is 5.11 Å². The number of nitrogens with zero attached hydrogens (tertiary/aromatic N) is 4. The van der Waals surface area contributed by atoms with E-state index in [0.29, 0.717) is 17.6 Å². The van der Waals surface area contributed by atoms with Crippen LogP contribution in [-0.2, 0) is 6.54 Å². The second-order valence-corrected chi connectivity index (χ2v) is 8.30. The number of pyridine rings is 1. The predicted molar refractivity (Wildman–Crippen MR) is 103 cm³/mol. The van der Waals surface area contributed by atoms with Crippen LogP contribution in [0.5, 0.6) is 0 Å². The van der Waals surface area contributed by atoms with Gasteiger partial charge < -0.3 is 10.0 Å². The summed E-state index contributed by atoms with van der Waals surface area (Å²) in [5, 5.41) is 16.2. The first-order chi connectivity index (χ1) is 12.6. The zero-order valence-corrected chi connectivity index (χ0v) is 16.0. The fraction of sp³-hybridized carbons (Fsp3) is 0.600. The van der Waals surface area contributed by atoms with Crippen LogP contribution < -0.4 is 0 Å². The molecule has 1 saturated carbocycles. The Kier molecular flexibility index (Phi) is 4.92. The Morgan fingerprint density at radius 3 is 2.88 bits per heavy atom. The molecule has 0 bridgehead atoms. The van der Waals surface area contributed by atoms with Crippen molar-refractivity contribution in [1.82, 2.24) is 19.7 Å². The number of fused-ring (bicyclic) bond motifs is 1. The number of likely N-dealkylation sites (tertiary alicyclic amines) is 1. The Morgan fingerprint density at radius 1 is 1.38 bits per heavy atom. The lowest BCUT2D eigenvalue weighted by atomic mass is 9.87. The van der Waals surface area contributed by atoms with Crippen molar-refractivity contribution in [1.29, 1.82) is 0 Å². The smallest absolute Gasteiger partial charge is 0.144 e. The standard InChI is InChI=1S/C20H25ClN4O/c1-24-9-6-15(12-24)4-5-17-16-11-22-19(21)10-18(16)25(23-17)13-20(14-26)7-2-3-8-20/h10-11,15,26H,2-3,6-9,12-14H2,1H3. The Labute approximate surface area is 159 Å². The van der Waals surface area contributed by atoms with E-state index in [0.717, 1.165) is 48.9 Å². The van der Waals surface area contributed by atoms with Crippen molar-refractivity contribution < 1.29 is 5.11 Å². The maximum Gasteiger partial charge on any atom is 0.144 e. The van der Waals surface area contributed by atoms with Crippen LogP contribution in [0.15, 0.2) is 12.3 Å². The van der Waals surface area contributed by atoms with Gasteiger partial charge in [0, 0.05) is 36.7 Å².